The highest BCUT2D eigenvalue weighted by Crippen LogP contribution is 2.44. The van der Waals surface area contributed by atoms with Gasteiger partial charge in [0.15, 0.2) is 0 Å². The Balaban J connectivity index is 1.64. The number of carbonyl (C=O) groups is 1. The van der Waals surface area contributed by atoms with E-state index in [0.29, 0.717) is 6.42 Å². The molecule has 0 spiro atoms. The van der Waals surface area contributed by atoms with Gasteiger partial charge in [-0.1, -0.05) is 26.0 Å². The molecule has 5 nitrogen and oxygen atoms in total. The molecule has 148 valence electrons. The number of aromatic nitrogens is 1. The van der Waals surface area contributed by atoms with Crippen LogP contribution in [0.5, 0.6) is 0 Å². The molecule has 1 amide bonds. The lowest BCUT2D eigenvalue weighted by Crippen LogP contribution is -2.27. The number of hydrogen-bond acceptors (Lipinski definition) is 6. The second-order valence-corrected chi connectivity index (χ2v) is 9.08. The van der Waals surface area contributed by atoms with Crippen molar-refractivity contribution in [2.75, 3.05) is 31.5 Å². The molecule has 0 radical (unpaired) electrons. The second-order valence-electron chi connectivity index (χ2n) is 6.95. The summed E-state index contributed by atoms with van der Waals surface area (Å²) in [6, 6.07) is 8.24. The third-order valence-electron chi connectivity index (χ3n) is 5.24. The molecule has 1 aromatic carbocycles. The minimum atomic E-state index is 0.0841. The highest BCUT2D eigenvalue weighted by Gasteiger charge is 2.25. The van der Waals surface area contributed by atoms with Crippen molar-refractivity contribution in [2.45, 2.75) is 33.2 Å². The third kappa shape index (κ3) is 3.98. The average molecular weight is 415 g/mol. The van der Waals surface area contributed by atoms with E-state index >= 15 is 0 Å². The molecule has 0 saturated carbocycles. The fourth-order valence-corrected chi connectivity index (χ4v) is 5.96. The molecule has 3 aromatic rings. The molecule has 3 heterocycles. The Bertz CT molecular complexity index is 941. The van der Waals surface area contributed by atoms with E-state index in [2.05, 4.69) is 41.5 Å². The van der Waals surface area contributed by atoms with Gasteiger partial charge in [0.1, 0.15) is 10.0 Å². The molecule has 0 saturated heterocycles. The highest BCUT2D eigenvalue weighted by atomic mass is 32.1. The Morgan fingerprint density at radius 2 is 2.07 bits per heavy atom. The van der Waals surface area contributed by atoms with E-state index in [9.17, 15) is 4.79 Å². The SMILES string of the molecule is CCN(CC)CCC(=O)Nc1sc2c(c1-c1nc3ccccc3s1)CCNC2. The van der Waals surface area contributed by atoms with Crippen molar-refractivity contribution in [3.63, 3.8) is 0 Å². The van der Waals surface area contributed by atoms with Crippen LogP contribution in [0, 0.1) is 0 Å². The number of amides is 1. The number of nitrogens with zero attached hydrogens (tertiary/aromatic N) is 2. The molecule has 28 heavy (non-hydrogen) atoms. The molecule has 2 aromatic heterocycles. The van der Waals surface area contributed by atoms with Crippen LogP contribution in [0.2, 0.25) is 0 Å². The van der Waals surface area contributed by atoms with Crippen molar-refractivity contribution in [1.82, 2.24) is 15.2 Å². The largest absolute Gasteiger partial charge is 0.317 e. The number of hydrogen-bond donors (Lipinski definition) is 2. The van der Waals surface area contributed by atoms with Crippen LogP contribution in [0.25, 0.3) is 20.8 Å². The second kappa shape index (κ2) is 8.69. The van der Waals surface area contributed by atoms with Crippen LogP contribution in [-0.2, 0) is 17.8 Å². The molecule has 0 fully saturated rings. The van der Waals surface area contributed by atoms with Gasteiger partial charge in [-0.15, -0.1) is 22.7 Å². The fourth-order valence-electron chi connectivity index (χ4n) is 3.62. The number of carbonyl (C=O) groups excluding carboxylic acids is 1. The van der Waals surface area contributed by atoms with Crippen LogP contribution in [0.3, 0.4) is 0 Å². The molecular formula is C21H26N4OS2. The van der Waals surface area contributed by atoms with E-state index in [4.69, 9.17) is 4.98 Å². The van der Waals surface area contributed by atoms with Gasteiger partial charge in [0, 0.05) is 30.0 Å². The lowest BCUT2D eigenvalue weighted by molar-refractivity contribution is -0.116. The first-order valence-electron chi connectivity index (χ1n) is 9.93. The van der Waals surface area contributed by atoms with Gasteiger partial charge in [-0.2, -0.15) is 0 Å². The van der Waals surface area contributed by atoms with Crippen LogP contribution < -0.4 is 10.6 Å². The first-order valence-corrected chi connectivity index (χ1v) is 11.6. The molecule has 0 aliphatic carbocycles. The van der Waals surface area contributed by atoms with Gasteiger partial charge in [0.05, 0.1) is 10.2 Å². The summed E-state index contributed by atoms with van der Waals surface area (Å²) in [5.41, 5.74) is 3.51. The van der Waals surface area contributed by atoms with Gasteiger partial charge in [-0.25, -0.2) is 4.98 Å². The number of thiazole rings is 1. The number of fused-ring (bicyclic) bond motifs is 2. The fraction of sp³-hybridized carbons (Fsp3) is 0.429. The average Bonchev–Trinajstić information content (AvgIpc) is 3.29. The zero-order chi connectivity index (χ0) is 19.5. The smallest absolute Gasteiger partial charge is 0.226 e. The Labute approximate surface area is 173 Å². The summed E-state index contributed by atoms with van der Waals surface area (Å²) >= 11 is 3.41. The van der Waals surface area contributed by atoms with Crippen LogP contribution in [0.15, 0.2) is 24.3 Å². The zero-order valence-electron chi connectivity index (χ0n) is 16.4. The van der Waals surface area contributed by atoms with Gasteiger partial charge in [-0.3, -0.25) is 4.79 Å². The van der Waals surface area contributed by atoms with Gasteiger partial charge in [0.25, 0.3) is 0 Å². The quantitative estimate of drug-likeness (QED) is 0.604. The molecule has 7 heteroatoms. The summed E-state index contributed by atoms with van der Waals surface area (Å²) in [4.78, 5) is 21.1. The van der Waals surface area contributed by atoms with Crippen molar-refractivity contribution in [2.24, 2.45) is 0 Å². The summed E-state index contributed by atoms with van der Waals surface area (Å²) in [5, 5.41) is 8.62. The van der Waals surface area contributed by atoms with Crippen LogP contribution in [0.4, 0.5) is 5.00 Å². The summed E-state index contributed by atoms with van der Waals surface area (Å²) in [6.07, 6.45) is 1.49. The van der Waals surface area contributed by atoms with Gasteiger partial charge in [-0.05, 0) is 43.8 Å². The molecule has 1 aliphatic heterocycles. The van der Waals surface area contributed by atoms with Crippen molar-refractivity contribution in [3.8, 4) is 10.6 Å². The number of rotatable bonds is 7. The van der Waals surface area contributed by atoms with E-state index in [-0.39, 0.29) is 5.91 Å². The lowest BCUT2D eigenvalue weighted by atomic mass is 10.0. The Kier molecular flexibility index (Phi) is 6.06. The number of anilines is 1. The maximum Gasteiger partial charge on any atom is 0.226 e. The standard InChI is InChI=1S/C21H26N4OS2/c1-3-25(4-2)12-10-18(26)24-21-19(14-9-11-22-13-17(14)28-21)20-23-15-7-5-6-8-16(15)27-20/h5-8,22H,3-4,9-13H2,1-2H3,(H,24,26). The molecule has 1 aliphatic rings. The van der Waals surface area contributed by atoms with E-state index in [1.807, 2.05) is 12.1 Å². The molecular weight excluding hydrogens is 388 g/mol. The normalized spacial score (nSPS) is 13.8. The first-order chi connectivity index (χ1) is 13.7. The summed E-state index contributed by atoms with van der Waals surface area (Å²) in [6.45, 7) is 8.84. The van der Waals surface area contributed by atoms with Crippen molar-refractivity contribution in [1.29, 1.82) is 0 Å². The monoisotopic (exact) mass is 414 g/mol. The topological polar surface area (TPSA) is 57.3 Å². The van der Waals surface area contributed by atoms with E-state index in [1.165, 1.54) is 15.1 Å². The number of thiophene rings is 1. The molecule has 0 unspecified atom stereocenters. The van der Waals surface area contributed by atoms with Crippen molar-refractivity contribution in [3.05, 3.63) is 34.7 Å². The van der Waals surface area contributed by atoms with E-state index in [0.717, 1.165) is 60.2 Å². The minimum Gasteiger partial charge on any atom is -0.317 e. The highest BCUT2D eigenvalue weighted by molar-refractivity contribution is 7.22. The Morgan fingerprint density at radius 1 is 1.25 bits per heavy atom. The maximum atomic E-state index is 12.7. The van der Waals surface area contributed by atoms with Crippen molar-refractivity contribution < 1.29 is 4.79 Å². The Morgan fingerprint density at radius 3 is 2.86 bits per heavy atom. The Hall–Kier alpha value is -1.80. The predicted octanol–water partition coefficient (Wildman–Crippen LogP) is 4.34. The van der Waals surface area contributed by atoms with Crippen LogP contribution in [-0.4, -0.2) is 42.0 Å². The zero-order valence-corrected chi connectivity index (χ0v) is 18.0. The maximum absolute atomic E-state index is 12.7. The molecule has 0 bridgehead atoms. The van der Waals surface area contributed by atoms with Gasteiger partial charge in [0.2, 0.25) is 5.91 Å². The predicted molar refractivity (Wildman–Crippen MR) is 119 cm³/mol. The third-order valence-corrected chi connectivity index (χ3v) is 7.44. The number of para-hydroxylation sites is 1. The summed E-state index contributed by atoms with van der Waals surface area (Å²) in [7, 11) is 0. The van der Waals surface area contributed by atoms with E-state index in [1.54, 1.807) is 22.7 Å². The number of benzene rings is 1. The summed E-state index contributed by atoms with van der Waals surface area (Å²) < 4.78 is 1.19. The number of nitrogens with one attached hydrogen (secondary N) is 2. The van der Waals surface area contributed by atoms with E-state index < -0.39 is 0 Å². The lowest BCUT2D eigenvalue weighted by Gasteiger charge is -2.17. The van der Waals surface area contributed by atoms with Gasteiger partial charge < -0.3 is 15.5 Å². The van der Waals surface area contributed by atoms with Crippen LogP contribution >= 0.6 is 22.7 Å². The minimum absolute atomic E-state index is 0.0841. The van der Waals surface area contributed by atoms with Crippen molar-refractivity contribution >= 4 is 43.8 Å². The van der Waals surface area contributed by atoms with Gasteiger partial charge >= 0.3 is 0 Å². The summed E-state index contributed by atoms with van der Waals surface area (Å²) in [5.74, 6) is 0.0841. The first kappa shape index (κ1) is 19.5. The molecule has 0 atom stereocenters. The molecule has 2 N–H and O–H groups in total. The van der Waals surface area contributed by atoms with Crippen LogP contribution in [0.1, 0.15) is 30.7 Å². The molecule has 4 rings (SSSR count).